The van der Waals surface area contributed by atoms with Crippen LogP contribution in [0.4, 0.5) is 5.69 Å². The topological polar surface area (TPSA) is 71.0 Å². The van der Waals surface area contributed by atoms with E-state index in [2.05, 4.69) is 15.2 Å². The molecule has 24 heavy (non-hydrogen) atoms. The average Bonchev–Trinajstić information content (AvgIpc) is 3.18. The predicted octanol–water partition coefficient (Wildman–Crippen LogP) is 2.77. The van der Waals surface area contributed by atoms with Crippen molar-refractivity contribution in [2.24, 2.45) is 4.99 Å². The normalized spacial score (nSPS) is 20.2. The van der Waals surface area contributed by atoms with E-state index in [0.29, 0.717) is 16.5 Å². The molecular weight excluding hydrogens is 350 g/mol. The van der Waals surface area contributed by atoms with Crippen molar-refractivity contribution in [3.63, 3.8) is 0 Å². The quantitative estimate of drug-likeness (QED) is 0.886. The van der Waals surface area contributed by atoms with Gasteiger partial charge in [-0.25, -0.2) is 0 Å². The van der Waals surface area contributed by atoms with Crippen molar-refractivity contribution >= 4 is 46.0 Å². The average molecular weight is 368 g/mol. The van der Waals surface area contributed by atoms with E-state index in [9.17, 15) is 9.59 Å². The Kier molecular flexibility index (Phi) is 5.30. The zero-order valence-corrected chi connectivity index (χ0v) is 14.8. The number of ether oxygens (including phenoxy) is 1. The summed E-state index contributed by atoms with van der Waals surface area (Å²) in [6, 6.07) is 4.98. The molecule has 1 unspecified atom stereocenters. The Hall–Kier alpha value is -1.73. The second-order valence-electron chi connectivity index (χ2n) is 5.63. The molecule has 1 aromatic carbocycles. The van der Waals surface area contributed by atoms with Crippen LogP contribution < -0.4 is 10.1 Å². The maximum Gasteiger partial charge on any atom is 0.262 e. The molecule has 0 aromatic heterocycles. The Labute approximate surface area is 149 Å². The first kappa shape index (κ1) is 17.1. The third-order valence-electron chi connectivity index (χ3n) is 3.91. The third-order valence-corrected chi connectivity index (χ3v) is 5.36. The van der Waals surface area contributed by atoms with Gasteiger partial charge in [-0.2, -0.15) is 4.99 Å². The Morgan fingerprint density at radius 1 is 1.46 bits per heavy atom. The first-order valence-electron chi connectivity index (χ1n) is 7.74. The molecule has 3 rings (SSSR count). The van der Waals surface area contributed by atoms with Gasteiger partial charge in [-0.1, -0.05) is 23.4 Å². The second kappa shape index (κ2) is 7.44. The molecule has 2 heterocycles. The highest BCUT2D eigenvalue weighted by Gasteiger charge is 2.33. The number of carbonyl (C=O) groups is 2. The van der Waals surface area contributed by atoms with Gasteiger partial charge in [-0.05, 0) is 31.0 Å². The van der Waals surface area contributed by atoms with Crippen LogP contribution in [0.2, 0.25) is 5.02 Å². The number of nitrogens with zero attached hydrogens (tertiary/aromatic N) is 2. The summed E-state index contributed by atoms with van der Waals surface area (Å²) in [5.74, 6) is 0.0153. The van der Waals surface area contributed by atoms with Crippen molar-refractivity contribution in [3.05, 3.63) is 23.2 Å². The van der Waals surface area contributed by atoms with Crippen molar-refractivity contribution in [1.29, 1.82) is 0 Å². The number of rotatable bonds is 4. The van der Waals surface area contributed by atoms with E-state index >= 15 is 0 Å². The summed E-state index contributed by atoms with van der Waals surface area (Å²) in [6.07, 6.45) is 2.31. The second-order valence-corrected chi connectivity index (χ2v) is 7.24. The van der Waals surface area contributed by atoms with Crippen molar-refractivity contribution in [2.75, 3.05) is 25.5 Å². The predicted molar refractivity (Wildman–Crippen MR) is 95.9 cm³/mol. The molecule has 8 heteroatoms. The molecule has 2 amide bonds. The first-order chi connectivity index (χ1) is 11.6. The van der Waals surface area contributed by atoms with Crippen LogP contribution >= 0.6 is 23.4 Å². The van der Waals surface area contributed by atoms with Crippen LogP contribution in [0.15, 0.2) is 23.2 Å². The SMILES string of the molecule is COc1ccc(Cl)cc1NC(=O)CC1SC(N2CCCC2)=NC1=O. The fourth-order valence-electron chi connectivity index (χ4n) is 2.70. The number of hydrogen-bond acceptors (Lipinski definition) is 5. The molecule has 0 spiro atoms. The highest BCUT2D eigenvalue weighted by molar-refractivity contribution is 8.15. The van der Waals surface area contributed by atoms with Gasteiger partial charge < -0.3 is 15.0 Å². The van der Waals surface area contributed by atoms with Crippen LogP contribution in [0.25, 0.3) is 0 Å². The smallest absolute Gasteiger partial charge is 0.262 e. The lowest BCUT2D eigenvalue weighted by Gasteiger charge is -2.16. The summed E-state index contributed by atoms with van der Waals surface area (Å²) < 4.78 is 5.20. The number of aliphatic imine (C=N–C) groups is 1. The molecule has 2 aliphatic rings. The summed E-state index contributed by atoms with van der Waals surface area (Å²) in [5.41, 5.74) is 0.492. The Balaban J connectivity index is 1.60. The Bertz CT molecular complexity index is 689. The summed E-state index contributed by atoms with van der Waals surface area (Å²) in [5, 5.41) is 3.53. The van der Waals surface area contributed by atoms with Crippen LogP contribution in [-0.2, 0) is 9.59 Å². The molecule has 0 aliphatic carbocycles. The number of likely N-dealkylation sites (tertiary alicyclic amines) is 1. The largest absolute Gasteiger partial charge is 0.495 e. The number of thioether (sulfide) groups is 1. The minimum absolute atomic E-state index is 0.0695. The Morgan fingerprint density at radius 2 is 2.21 bits per heavy atom. The number of nitrogens with one attached hydrogen (secondary N) is 1. The lowest BCUT2D eigenvalue weighted by atomic mass is 10.2. The van der Waals surface area contributed by atoms with Crippen LogP contribution in [-0.4, -0.2) is 47.3 Å². The van der Waals surface area contributed by atoms with E-state index < -0.39 is 5.25 Å². The molecule has 6 nitrogen and oxygen atoms in total. The monoisotopic (exact) mass is 367 g/mol. The van der Waals surface area contributed by atoms with E-state index in [0.717, 1.165) is 31.1 Å². The standard InChI is InChI=1S/C16H18ClN3O3S/c1-23-12-5-4-10(17)8-11(12)18-14(21)9-13-15(22)19-16(24-13)20-6-2-3-7-20/h4-5,8,13H,2-3,6-7,9H2,1H3,(H,18,21). The Morgan fingerprint density at radius 3 is 2.92 bits per heavy atom. The molecule has 1 saturated heterocycles. The van der Waals surface area contributed by atoms with E-state index in [1.54, 1.807) is 18.2 Å². The highest BCUT2D eigenvalue weighted by atomic mass is 35.5. The van der Waals surface area contributed by atoms with Crippen LogP contribution in [0.3, 0.4) is 0 Å². The van der Waals surface area contributed by atoms with Crippen molar-refractivity contribution in [1.82, 2.24) is 4.90 Å². The lowest BCUT2D eigenvalue weighted by molar-refractivity contribution is -0.121. The van der Waals surface area contributed by atoms with Gasteiger partial charge in [0.25, 0.3) is 5.91 Å². The number of halogens is 1. The minimum atomic E-state index is -0.467. The number of amidine groups is 1. The summed E-state index contributed by atoms with van der Waals surface area (Å²) >= 11 is 7.33. The molecule has 1 fully saturated rings. The van der Waals surface area contributed by atoms with E-state index in [1.807, 2.05) is 0 Å². The van der Waals surface area contributed by atoms with E-state index in [4.69, 9.17) is 16.3 Å². The van der Waals surface area contributed by atoms with Gasteiger partial charge >= 0.3 is 0 Å². The lowest BCUT2D eigenvalue weighted by Crippen LogP contribution is -2.25. The third kappa shape index (κ3) is 3.84. The van der Waals surface area contributed by atoms with Crippen LogP contribution in [0.5, 0.6) is 5.75 Å². The molecule has 128 valence electrons. The van der Waals surface area contributed by atoms with Crippen molar-refractivity contribution in [3.8, 4) is 5.75 Å². The molecule has 1 aromatic rings. The van der Waals surface area contributed by atoms with Gasteiger partial charge in [0, 0.05) is 24.5 Å². The van der Waals surface area contributed by atoms with Gasteiger partial charge in [-0.3, -0.25) is 9.59 Å². The number of carbonyl (C=O) groups excluding carboxylic acids is 2. The van der Waals surface area contributed by atoms with Gasteiger partial charge in [0.15, 0.2) is 5.17 Å². The van der Waals surface area contributed by atoms with Crippen LogP contribution in [0.1, 0.15) is 19.3 Å². The van der Waals surface area contributed by atoms with Crippen LogP contribution in [0, 0.1) is 0 Å². The molecule has 1 atom stereocenters. The molecule has 0 bridgehead atoms. The number of hydrogen-bond donors (Lipinski definition) is 1. The van der Waals surface area contributed by atoms with Gasteiger partial charge in [0.2, 0.25) is 5.91 Å². The number of benzene rings is 1. The molecule has 1 N–H and O–H groups in total. The maximum absolute atomic E-state index is 12.3. The zero-order chi connectivity index (χ0) is 17.1. The van der Waals surface area contributed by atoms with E-state index in [-0.39, 0.29) is 18.2 Å². The molecule has 2 aliphatic heterocycles. The molecular formula is C16H18ClN3O3S. The van der Waals surface area contributed by atoms with Crippen molar-refractivity contribution < 1.29 is 14.3 Å². The number of methoxy groups -OCH3 is 1. The minimum Gasteiger partial charge on any atom is -0.495 e. The van der Waals surface area contributed by atoms with Crippen molar-refractivity contribution in [2.45, 2.75) is 24.5 Å². The summed E-state index contributed by atoms with van der Waals surface area (Å²) in [4.78, 5) is 30.5. The zero-order valence-electron chi connectivity index (χ0n) is 13.3. The summed E-state index contributed by atoms with van der Waals surface area (Å²) in [7, 11) is 1.52. The first-order valence-corrected chi connectivity index (χ1v) is 9.00. The number of amides is 2. The fraction of sp³-hybridized carbons (Fsp3) is 0.438. The van der Waals surface area contributed by atoms with Gasteiger partial charge in [-0.15, -0.1) is 0 Å². The molecule has 0 radical (unpaired) electrons. The van der Waals surface area contributed by atoms with Gasteiger partial charge in [0.1, 0.15) is 11.0 Å². The fourth-order valence-corrected chi connectivity index (χ4v) is 3.99. The maximum atomic E-state index is 12.3. The summed E-state index contributed by atoms with van der Waals surface area (Å²) in [6.45, 7) is 1.86. The van der Waals surface area contributed by atoms with Gasteiger partial charge in [0.05, 0.1) is 12.8 Å². The highest BCUT2D eigenvalue weighted by Crippen LogP contribution is 2.31. The number of anilines is 1. The molecule has 0 saturated carbocycles. The van der Waals surface area contributed by atoms with E-state index in [1.165, 1.54) is 18.9 Å².